The van der Waals surface area contributed by atoms with Crippen molar-refractivity contribution in [3.8, 4) is 0 Å². The number of hydrogen-bond acceptors (Lipinski definition) is 2. The topological polar surface area (TPSA) is 15.3 Å². The number of nitrogens with one attached hydrogen (secondary N) is 1. The van der Waals surface area contributed by atoms with Crippen molar-refractivity contribution in [1.82, 2.24) is 10.2 Å². The molecule has 1 aromatic carbocycles. The second-order valence-electron chi connectivity index (χ2n) is 6.67. The van der Waals surface area contributed by atoms with E-state index in [9.17, 15) is 13.2 Å². The SMILES string of the molecule is CC(C)(C)[C@H](c1ccc(C(F)(F)F)cc1)N1CCNCC1.Cl. The Hall–Kier alpha value is -0.780. The van der Waals surface area contributed by atoms with Crippen molar-refractivity contribution in [1.29, 1.82) is 0 Å². The van der Waals surface area contributed by atoms with Crippen molar-refractivity contribution in [2.75, 3.05) is 26.2 Å². The van der Waals surface area contributed by atoms with Crippen LogP contribution in [0.4, 0.5) is 13.2 Å². The summed E-state index contributed by atoms with van der Waals surface area (Å²) in [6, 6.07) is 5.76. The van der Waals surface area contributed by atoms with Gasteiger partial charge in [0.2, 0.25) is 0 Å². The summed E-state index contributed by atoms with van der Waals surface area (Å²) in [5.74, 6) is 0. The summed E-state index contributed by atoms with van der Waals surface area (Å²) in [7, 11) is 0. The molecule has 0 bridgehead atoms. The van der Waals surface area contributed by atoms with Crippen LogP contribution in [-0.4, -0.2) is 31.1 Å². The molecule has 6 heteroatoms. The van der Waals surface area contributed by atoms with Crippen LogP contribution < -0.4 is 5.32 Å². The molecule has 0 unspecified atom stereocenters. The first-order valence-electron chi connectivity index (χ1n) is 7.31. The Labute approximate surface area is 136 Å². The van der Waals surface area contributed by atoms with E-state index in [2.05, 4.69) is 31.0 Å². The van der Waals surface area contributed by atoms with Crippen LogP contribution in [0.25, 0.3) is 0 Å². The highest BCUT2D eigenvalue weighted by Gasteiger charge is 2.34. The summed E-state index contributed by atoms with van der Waals surface area (Å²) in [6.45, 7) is 10.1. The van der Waals surface area contributed by atoms with Gasteiger partial charge in [-0.15, -0.1) is 12.4 Å². The average Bonchev–Trinajstić information content (AvgIpc) is 2.38. The van der Waals surface area contributed by atoms with Crippen LogP contribution in [0.15, 0.2) is 24.3 Å². The molecule has 0 spiro atoms. The Kier molecular flexibility index (Phi) is 6.30. The number of nitrogens with zero attached hydrogens (tertiary/aromatic N) is 1. The zero-order valence-corrected chi connectivity index (χ0v) is 14.0. The lowest BCUT2D eigenvalue weighted by atomic mass is 9.80. The molecular weight excluding hydrogens is 313 g/mol. The van der Waals surface area contributed by atoms with E-state index < -0.39 is 11.7 Å². The van der Waals surface area contributed by atoms with Crippen LogP contribution in [-0.2, 0) is 6.18 Å². The van der Waals surface area contributed by atoms with Crippen LogP contribution in [0.5, 0.6) is 0 Å². The van der Waals surface area contributed by atoms with Crippen molar-refractivity contribution in [3.05, 3.63) is 35.4 Å². The third kappa shape index (κ3) is 4.61. The quantitative estimate of drug-likeness (QED) is 0.874. The Morgan fingerprint density at radius 1 is 1.00 bits per heavy atom. The van der Waals surface area contributed by atoms with Gasteiger partial charge in [-0.25, -0.2) is 0 Å². The molecule has 1 atom stereocenters. The van der Waals surface area contributed by atoms with Crippen molar-refractivity contribution in [3.63, 3.8) is 0 Å². The van der Waals surface area contributed by atoms with Gasteiger partial charge in [-0.1, -0.05) is 32.9 Å². The predicted molar refractivity (Wildman–Crippen MR) is 85.3 cm³/mol. The maximum atomic E-state index is 12.7. The fourth-order valence-corrected chi connectivity index (χ4v) is 3.05. The number of hydrogen-bond donors (Lipinski definition) is 1. The van der Waals surface area contributed by atoms with Gasteiger partial charge in [0.25, 0.3) is 0 Å². The highest BCUT2D eigenvalue weighted by molar-refractivity contribution is 5.85. The minimum Gasteiger partial charge on any atom is -0.314 e. The number of benzene rings is 1. The molecule has 0 amide bonds. The molecule has 1 aliphatic heterocycles. The lowest BCUT2D eigenvalue weighted by molar-refractivity contribution is -0.137. The maximum absolute atomic E-state index is 12.7. The van der Waals surface area contributed by atoms with Crippen molar-refractivity contribution in [2.45, 2.75) is 33.0 Å². The third-order valence-electron chi connectivity index (χ3n) is 3.89. The van der Waals surface area contributed by atoms with Gasteiger partial charge in [-0.2, -0.15) is 13.2 Å². The van der Waals surface area contributed by atoms with Crippen LogP contribution in [0, 0.1) is 5.41 Å². The Balaban J connectivity index is 0.00000242. The summed E-state index contributed by atoms with van der Waals surface area (Å²) in [4.78, 5) is 2.36. The number of alkyl halides is 3. The smallest absolute Gasteiger partial charge is 0.314 e. The number of halogens is 4. The molecule has 0 radical (unpaired) electrons. The molecule has 126 valence electrons. The van der Waals surface area contributed by atoms with Gasteiger partial charge >= 0.3 is 6.18 Å². The van der Waals surface area contributed by atoms with Gasteiger partial charge in [0.1, 0.15) is 0 Å². The average molecular weight is 337 g/mol. The molecule has 1 saturated heterocycles. The Morgan fingerprint density at radius 2 is 1.50 bits per heavy atom. The Morgan fingerprint density at radius 3 is 1.91 bits per heavy atom. The summed E-state index contributed by atoms with van der Waals surface area (Å²) >= 11 is 0. The number of piperazine rings is 1. The summed E-state index contributed by atoms with van der Waals surface area (Å²) in [6.07, 6.45) is -4.27. The van der Waals surface area contributed by atoms with Gasteiger partial charge < -0.3 is 5.32 Å². The lowest BCUT2D eigenvalue weighted by Gasteiger charge is -2.42. The largest absolute Gasteiger partial charge is 0.416 e. The minimum atomic E-state index is -4.27. The second-order valence-corrected chi connectivity index (χ2v) is 6.67. The highest BCUT2D eigenvalue weighted by atomic mass is 35.5. The lowest BCUT2D eigenvalue weighted by Crippen LogP contribution is -2.48. The molecule has 1 fully saturated rings. The van der Waals surface area contributed by atoms with E-state index in [0.29, 0.717) is 0 Å². The van der Waals surface area contributed by atoms with Gasteiger partial charge in [0, 0.05) is 32.2 Å². The van der Waals surface area contributed by atoms with Crippen molar-refractivity contribution >= 4 is 12.4 Å². The van der Waals surface area contributed by atoms with Gasteiger partial charge in [0.05, 0.1) is 5.56 Å². The fourth-order valence-electron chi connectivity index (χ4n) is 3.05. The van der Waals surface area contributed by atoms with Crippen LogP contribution in [0.3, 0.4) is 0 Å². The van der Waals surface area contributed by atoms with E-state index in [-0.39, 0.29) is 23.9 Å². The molecule has 1 heterocycles. The third-order valence-corrected chi connectivity index (χ3v) is 3.89. The molecule has 22 heavy (non-hydrogen) atoms. The van der Waals surface area contributed by atoms with E-state index >= 15 is 0 Å². The van der Waals surface area contributed by atoms with E-state index in [1.807, 2.05) is 0 Å². The van der Waals surface area contributed by atoms with Crippen molar-refractivity contribution in [2.24, 2.45) is 5.41 Å². The summed E-state index contributed by atoms with van der Waals surface area (Å²) in [5.41, 5.74) is 0.341. The van der Waals surface area contributed by atoms with Crippen LogP contribution in [0.2, 0.25) is 0 Å². The van der Waals surface area contributed by atoms with Crippen LogP contribution in [0.1, 0.15) is 37.9 Å². The zero-order chi connectivity index (χ0) is 15.7. The van der Waals surface area contributed by atoms with E-state index in [1.54, 1.807) is 12.1 Å². The van der Waals surface area contributed by atoms with Crippen molar-refractivity contribution < 1.29 is 13.2 Å². The first kappa shape index (κ1) is 19.3. The summed E-state index contributed by atoms with van der Waals surface area (Å²) in [5, 5.41) is 3.31. The first-order valence-corrected chi connectivity index (χ1v) is 7.31. The van der Waals surface area contributed by atoms with E-state index in [0.717, 1.165) is 31.7 Å². The highest BCUT2D eigenvalue weighted by Crippen LogP contribution is 2.39. The molecule has 0 saturated carbocycles. The molecule has 2 nitrogen and oxygen atoms in total. The maximum Gasteiger partial charge on any atom is 0.416 e. The molecule has 0 aliphatic carbocycles. The van der Waals surface area contributed by atoms with Gasteiger partial charge in [0.15, 0.2) is 0 Å². The molecule has 1 aromatic rings. The zero-order valence-electron chi connectivity index (χ0n) is 13.2. The first-order chi connectivity index (χ1) is 9.69. The predicted octanol–water partition coefficient (Wildman–Crippen LogP) is 4.12. The van der Waals surface area contributed by atoms with Crippen LogP contribution >= 0.6 is 12.4 Å². The standard InChI is InChI=1S/C16H23F3N2.ClH/c1-15(2,3)14(21-10-8-20-9-11-21)12-4-6-13(7-5-12)16(17,18)19;/h4-7,14,20H,8-11H2,1-3H3;1H/t14-;/m0./s1. The monoisotopic (exact) mass is 336 g/mol. The Bertz CT molecular complexity index is 460. The fraction of sp³-hybridized carbons (Fsp3) is 0.625. The van der Waals surface area contributed by atoms with Gasteiger partial charge in [-0.05, 0) is 23.1 Å². The molecule has 1 N–H and O–H groups in total. The molecule has 2 rings (SSSR count). The van der Waals surface area contributed by atoms with E-state index in [4.69, 9.17) is 0 Å². The second kappa shape index (κ2) is 7.20. The molecule has 1 aliphatic rings. The summed E-state index contributed by atoms with van der Waals surface area (Å²) < 4.78 is 38.1. The normalized spacial score (nSPS) is 18.6. The molecular formula is C16H24ClF3N2. The minimum absolute atomic E-state index is 0. The van der Waals surface area contributed by atoms with Gasteiger partial charge in [-0.3, -0.25) is 4.90 Å². The number of rotatable bonds is 2. The van der Waals surface area contributed by atoms with E-state index in [1.165, 1.54) is 12.1 Å². The molecule has 0 aromatic heterocycles.